The third-order valence-corrected chi connectivity index (χ3v) is 6.42. The van der Waals surface area contributed by atoms with Crippen molar-refractivity contribution in [3.8, 4) is 17.0 Å². The summed E-state index contributed by atoms with van der Waals surface area (Å²) in [5.74, 6) is 1.89. The molecule has 1 amide bonds. The zero-order valence-electron chi connectivity index (χ0n) is 19.1. The second-order valence-electron chi connectivity index (χ2n) is 8.93. The average molecular weight is 444 g/mol. The van der Waals surface area contributed by atoms with Gasteiger partial charge in [0, 0.05) is 37.5 Å². The average Bonchev–Trinajstić information content (AvgIpc) is 3.27. The molecule has 1 N–H and O–H groups in total. The Morgan fingerprint density at radius 1 is 1.21 bits per heavy atom. The molecule has 0 spiro atoms. The summed E-state index contributed by atoms with van der Waals surface area (Å²) in [6.07, 6.45) is 6.19. The van der Waals surface area contributed by atoms with Crippen LogP contribution in [0.2, 0.25) is 0 Å². The lowest BCUT2D eigenvalue weighted by atomic mass is 9.97. The zero-order chi connectivity index (χ0) is 22.8. The monoisotopic (exact) mass is 443 g/mol. The second kappa shape index (κ2) is 9.17. The van der Waals surface area contributed by atoms with E-state index in [1.54, 1.807) is 12.4 Å². The molecular formula is C26H29N5O2. The molecule has 7 nitrogen and oxygen atoms in total. The number of fused-ring (bicyclic) bond motifs is 1. The third kappa shape index (κ3) is 4.67. The van der Waals surface area contributed by atoms with Gasteiger partial charge in [0.25, 0.3) is 0 Å². The van der Waals surface area contributed by atoms with Gasteiger partial charge in [-0.2, -0.15) is 0 Å². The SMILES string of the molecule is Cc1cnc(C)c(-c2ccc3c(c2)C[C@H](CNC(=O)[C@@H]2CCCN(c4ccccn4)C2)O3)n1. The summed E-state index contributed by atoms with van der Waals surface area (Å²) in [5.41, 5.74) is 4.91. The first kappa shape index (κ1) is 21.4. The minimum absolute atomic E-state index is 0.0287. The normalized spacial score (nSPS) is 19.6. The number of hydrogen-bond acceptors (Lipinski definition) is 6. The predicted molar refractivity (Wildman–Crippen MR) is 127 cm³/mol. The van der Waals surface area contributed by atoms with Crippen molar-refractivity contribution in [3.63, 3.8) is 0 Å². The van der Waals surface area contributed by atoms with Crippen LogP contribution in [0, 0.1) is 19.8 Å². The van der Waals surface area contributed by atoms with Gasteiger partial charge in [-0.15, -0.1) is 0 Å². The van der Waals surface area contributed by atoms with Gasteiger partial charge in [-0.1, -0.05) is 6.07 Å². The summed E-state index contributed by atoms with van der Waals surface area (Å²) in [6, 6.07) is 12.1. The number of hydrogen-bond donors (Lipinski definition) is 1. The number of ether oxygens (including phenoxy) is 1. The maximum atomic E-state index is 12.9. The summed E-state index contributed by atoms with van der Waals surface area (Å²) < 4.78 is 6.11. The van der Waals surface area contributed by atoms with Crippen molar-refractivity contribution in [3.05, 3.63) is 65.7 Å². The first-order valence-corrected chi connectivity index (χ1v) is 11.6. The minimum Gasteiger partial charge on any atom is -0.488 e. The molecule has 4 heterocycles. The Bertz CT molecular complexity index is 1150. The number of aryl methyl sites for hydroxylation is 2. The Morgan fingerprint density at radius 2 is 2.12 bits per heavy atom. The summed E-state index contributed by atoms with van der Waals surface area (Å²) in [5, 5.41) is 3.13. The minimum atomic E-state index is -0.0561. The van der Waals surface area contributed by atoms with Gasteiger partial charge in [-0.25, -0.2) is 9.97 Å². The van der Waals surface area contributed by atoms with E-state index in [1.807, 2.05) is 44.2 Å². The predicted octanol–water partition coefficient (Wildman–Crippen LogP) is 3.49. The first-order chi connectivity index (χ1) is 16.1. The Kier molecular flexibility index (Phi) is 5.94. The topological polar surface area (TPSA) is 80.2 Å². The molecule has 3 aromatic rings. The van der Waals surface area contributed by atoms with Crippen molar-refractivity contribution in [1.29, 1.82) is 0 Å². The Balaban J connectivity index is 1.18. The number of carbonyl (C=O) groups is 1. The first-order valence-electron chi connectivity index (χ1n) is 11.6. The molecule has 33 heavy (non-hydrogen) atoms. The number of piperidine rings is 1. The number of carbonyl (C=O) groups excluding carboxylic acids is 1. The van der Waals surface area contributed by atoms with Gasteiger partial charge < -0.3 is 15.0 Å². The molecule has 170 valence electrons. The van der Waals surface area contributed by atoms with Crippen LogP contribution >= 0.6 is 0 Å². The highest BCUT2D eigenvalue weighted by atomic mass is 16.5. The van der Waals surface area contributed by atoms with Crippen molar-refractivity contribution in [2.45, 2.75) is 39.2 Å². The van der Waals surface area contributed by atoms with E-state index in [1.165, 1.54) is 0 Å². The highest BCUT2D eigenvalue weighted by Gasteiger charge is 2.29. The number of amides is 1. The fraction of sp³-hybridized carbons (Fsp3) is 0.385. The molecule has 2 aromatic heterocycles. The molecule has 1 fully saturated rings. The largest absolute Gasteiger partial charge is 0.488 e. The molecule has 1 aromatic carbocycles. The van der Waals surface area contributed by atoms with E-state index < -0.39 is 0 Å². The van der Waals surface area contributed by atoms with E-state index in [0.29, 0.717) is 13.1 Å². The lowest BCUT2D eigenvalue weighted by Gasteiger charge is -2.33. The number of aromatic nitrogens is 3. The van der Waals surface area contributed by atoms with Gasteiger partial charge in [0.2, 0.25) is 5.91 Å². The molecule has 2 aliphatic heterocycles. The maximum Gasteiger partial charge on any atom is 0.225 e. The van der Waals surface area contributed by atoms with Gasteiger partial charge >= 0.3 is 0 Å². The van der Waals surface area contributed by atoms with Gasteiger partial charge in [0.05, 0.1) is 29.5 Å². The summed E-state index contributed by atoms with van der Waals surface area (Å²) in [4.78, 5) is 28.6. The molecule has 5 rings (SSSR count). The fourth-order valence-electron chi connectivity index (χ4n) is 4.69. The number of nitrogens with zero attached hydrogens (tertiary/aromatic N) is 4. The van der Waals surface area contributed by atoms with Crippen LogP contribution in [0.3, 0.4) is 0 Å². The Labute approximate surface area is 194 Å². The Hall–Kier alpha value is -3.48. The molecule has 7 heteroatoms. The second-order valence-corrected chi connectivity index (χ2v) is 8.93. The Morgan fingerprint density at radius 3 is 2.97 bits per heavy atom. The van der Waals surface area contributed by atoms with Crippen LogP contribution in [0.4, 0.5) is 5.82 Å². The van der Waals surface area contributed by atoms with Crippen molar-refractivity contribution in [2.75, 3.05) is 24.5 Å². The quantitative estimate of drug-likeness (QED) is 0.650. The number of anilines is 1. The summed E-state index contributed by atoms with van der Waals surface area (Å²) in [6.45, 7) is 6.08. The van der Waals surface area contributed by atoms with E-state index in [2.05, 4.69) is 31.2 Å². The molecule has 2 aliphatic rings. The number of nitrogens with one attached hydrogen (secondary N) is 1. The molecule has 0 radical (unpaired) electrons. The molecule has 0 bridgehead atoms. The van der Waals surface area contributed by atoms with Crippen molar-refractivity contribution in [2.24, 2.45) is 5.92 Å². The van der Waals surface area contributed by atoms with Crippen molar-refractivity contribution in [1.82, 2.24) is 20.3 Å². The van der Waals surface area contributed by atoms with E-state index in [-0.39, 0.29) is 17.9 Å². The lowest BCUT2D eigenvalue weighted by Crippen LogP contribution is -2.45. The smallest absolute Gasteiger partial charge is 0.225 e. The summed E-state index contributed by atoms with van der Waals surface area (Å²) >= 11 is 0. The molecule has 0 unspecified atom stereocenters. The van der Waals surface area contributed by atoms with Gasteiger partial charge in [-0.05, 0) is 62.6 Å². The maximum absolute atomic E-state index is 12.9. The molecule has 0 aliphatic carbocycles. The zero-order valence-corrected chi connectivity index (χ0v) is 19.1. The highest BCUT2D eigenvalue weighted by molar-refractivity contribution is 5.79. The standard InChI is InChI=1S/C26H29N5O2/c1-17-14-28-18(2)25(30-17)19-8-9-23-21(12-19)13-22(33-23)15-29-26(32)20-6-5-11-31(16-20)24-7-3-4-10-27-24/h3-4,7-10,12,14,20,22H,5-6,11,13,15-16H2,1-2H3,(H,29,32)/t20-,22-/m1/s1. The van der Waals surface area contributed by atoms with Crippen LogP contribution < -0.4 is 15.0 Å². The van der Waals surface area contributed by atoms with Gasteiger partial charge in [0.15, 0.2) is 0 Å². The van der Waals surface area contributed by atoms with Crippen LogP contribution in [0.5, 0.6) is 5.75 Å². The van der Waals surface area contributed by atoms with Crippen molar-refractivity contribution >= 4 is 11.7 Å². The van der Waals surface area contributed by atoms with Crippen LogP contribution in [0.15, 0.2) is 48.8 Å². The number of benzene rings is 1. The van der Waals surface area contributed by atoms with Crippen molar-refractivity contribution < 1.29 is 9.53 Å². The van der Waals surface area contributed by atoms with Crippen LogP contribution in [0.25, 0.3) is 11.3 Å². The highest BCUT2D eigenvalue weighted by Crippen LogP contribution is 2.33. The van der Waals surface area contributed by atoms with Gasteiger partial charge in [0.1, 0.15) is 17.7 Å². The lowest BCUT2D eigenvalue weighted by molar-refractivity contribution is -0.125. The number of rotatable bonds is 5. The molecular weight excluding hydrogens is 414 g/mol. The molecule has 1 saturated heterocycles. The van der Waals surface area contributed by atoms with Crippen LogP contribution in [-0.4, -0.2) is 46.6 Å². The van der Waals surface area contributed by atoms with E-state index >= 15 is 0 Å². The van der Waals surface area contributed by atoms with E-state index in [0.717, 1.165) is 65.6 Å². The van der Waals surface area contributed by atoms with Crippen LogP contribution in [0.1, 0.15) is 29.8 Å². The van der Waals surface area contributed by atoms with E-state index in [4.69, 9.17) is 4.74 Å². The molecule has 2 atom stereocenters. The fourth-order valence-corrected chi connectivity index (χ4v) is 4.69. The summed E-state index contributed by atoms with van der Waals surface area (Å²) in [7, 11) is 0. The third-order valence-electron chi connectivity index (χ3n) is 6.42. The molecule has 0 saturated carbocycles. The van der Waals surface area contributed by atoms with Gasteiger partial charge in [-0.3, -0.25) is 9.78 Å². The van der Waals surface area contributed by atoms with Crippen LogP contribution in [-0.2, 0) is 11.2 Å². The number of pyridine rings is 1. The van der Waals surface area contributed by atoms with E-state index in [9.17, 15) is 4.79 Å².